The molecule has 3 heteroatoms. The molecule has 0 radical (unpaired) electrons. The molecule has 2 aromatic rings. The van der Waals surface area contributed by atoms with Gasteiger partial charge in [0.1, 0.15) is 5.82 Å². The van der Waals surface area contributed by atoms with E-state index in [0.717, 1.165) is 15.3 Å². The molecule has 1 heterocycles. The number of benzene rings is 1. The van der Waals surface area contributed by atoms with Crippen LogP contribution < -0.4 is 5.73 Å². The third-order valence-electron chi connectivity index (χ3n) is 2.24. The van der Waals surface area contributed by atoms with Gasteiger partial charge in [-0.2, -0.15) is 0 Å². The van der Waals surface area contributed by atoms with Crippen LogP contribution in [0, 0.1) is 5.82 Å². The van der Waals surface area contributed by atoms with Crippen LogP contribution in [-0.2, 0) is 13.0 Å². The largest absolute Gasteiger partial charge is 0.326 e. The fourth-order valence-electron chi connectivity index (χ4n) is 1.46. The van der Waals surface area contributed by atoms with Crippen molar-refractivity contribution in [1.29, 1.82) is 0 Å². The maximum absolute atomic E-state index is 13.3. The van der Waals surface area contributed by atoms with Crippen molar-refractivity contribution in [2.45, 2.75) is 13.0 Å². The zero-order valence-electron chi connectivity index (χ0n) is 8.24. The van der Waals surface area contributed by atoms with Gasteiger partial charge in [0.2, 0.25) is 0 Å². The van der Waals surface area contributed by atoms with E-state index in [4.69, 9.17) is 5.73 Å². The number of hydrogen-bond acceptors (Lipinski definition) is 2. The van der Waals surface area contributed by atoms with E-state index in [9.17, 15) is 4.39 Å². The first-order chi connectivity index (χ1) is 7.29. The van der Waals surface area contributed by atoms with Crippen molar-refractivity contribution in [1.82, 2.24) is 0 Å². The van der Waals surface area contributed by atoms with Crippen molar-refractivity contribution in [3.63, 3.8) is 0 Å². The van der Waals surface area contributed by atoms with Crippen LogP contribution in [0.15, 0.2) is 36.4 Å². The van der Waals surface area contributed by atoms with Gasteiger partial charge in [0.15, 0.2) is 0 Å². The first kappa shape index (κ1) is 10.3. The van der Waals surface area contributed by atoms with Crippen LogP contribution in [0.4, 0.5) is 4.39 Å². The number of halogens is 1. The first-order valence-corrected chi connectivity index (χ1v) is 5.62. The van der Waals surface area contributed by atoms with E-state index in [2.05, 4.69) is 0 Å². The zero-order valence-corrected chi connectivity index (χ0v) is 9.06. The van der Waals surface area contributed by atoms with Crippen LogP contribution in [0.1, 0.15) is 15.3 Å². The molecule has 0 aliphatic rings. The Hall–Kier alpha value is -1.19. The van der Waals surface area contributed by atoms with E-state index in [1.807, 2.05) is 24.3 Å². The number of nitrogens with two attached hydrogens (primary N) is 1. The Morgan fingerprint density at radius 1 is 1.07 bits per heavy atom. The highest BCUT2D eigenvalue weighted by Crippen LogP contribution is 2.20. The lowest BCUT2D eigenvalue weighted by Crippen LogP contribution is -1.91. The summed E-state index contributed by atoms with van der Waals surface area (Å²) in [6.07, 6.45) is 0.650. The molecule has 0 amide bonds. The molecule has 2 rings (SSSR count). The quantitative estimate of drug-likeness (QED) is 0.847. The molecule has 0 saturated carbocycles. The lowest BCUT2D eigenvalue weighted by Gasteiger charge is -1.99. The molecule has 0 aliphatic heterocycles. The Bertz CT molecular complexity index is 450. The monoisotopic (exact) mass is 221 g/mol. The average molecular weight is 221 g/mol. The molecule has 15 heavy (non-hydrogen) atoms. The highest BCUT2D eigenvalue weighted by molar-refractivity contribution is 7.12. The third kappa shape index (κ3) is 2.43. The van der Waals surface area contributed by atoms with E-state index in [-0.39, 0.29) is 5.82 Å². The number of rotatable bonds is 3. The van der Waals surface area contributed by atoms with Crippen molar-refractivity contribution in [3.05, 3.63) is 57.5 Å². The Balaban J connectivity index is 2.18. The van der Waals surface area contributed by atoms with Gasteiger partial charge in [-0.15, -0.1) is 11.3 Å². The van der Waals surface area contributed by atoms with Crippen molar-refractivity contribution in [3.8, 4) is 0 Å². The third-order valence-corrected chi connectivity index (χ3v) is 3.35. The SMILES string of the molecule is NCc1ccc(Cc2ccccc2F)s1. The summed E-state index contributed by atoms with van der Waals surface area (Å²) in [7, 11) is 0. The van der Waals surface area contributed by atoms with Crippen LogP contribution in [-0.4, -0.2) is 0 Å². The second-order valence-electron chi connectivity index (χ2n) is 3.34. The summed E-state index contributed by atoms with van der Waals surface area (Å²) in [4.78, 5) is 2.29. The van der Waals surface area contributed by atoms with Gasteiger partial charge in [-0.05, 0) is 23.8 Å². The van der Waals surface area contributed by atoms with Crippen molar-refractivity contribution in [2.75, 3.05) is 0 Å². The summed E-state index contributed by atoms with van der Waals surface area (Å²) in [5, 5.41) is 0. The molecular weight excluding hydrogens is 209 g/mol. The lowest BCUT2D eigenvalue weighted by atomic mass is 10.1. The second kappa shape index (κ2) is 4.55. The van der Waals surface area contributed by atoms with Crippen LogP contribution in [0.5, 0.6) is 0 Å². The van der Waals surface area contributed by atoms with Crippen LogP contribution in [0.2, 0.25) is 0 Å². The molecule has 0 atom stereocenters. The Morgan fingerprint density at radius 3 is 2.47 bits per heavy atom. The van der Waals surface area contributed by atoms with Gasteiger partial charge in [0, 0.05) is 22.7 Å². The minimum Gasteiger partial charge on any atom is -0.326 e. The van der Waals surface area contributed by atoms with E-state index in [1.54, 1.807) is 17.4 Å². The van der Waals surface area contributed by atoms with Crippen molar-refractivity contribution < 1.29 is 4.39 Å². The minimum atomic E-state index is -0.139. The van der Waals surface area contributed by atoms with Gasteiger partial charge in [-0.25, -0.2) is 4.39 Å². The van der Waals surface area contributed by atoms with Gasteiger partial charge < -0.3 is 5.73 Å². The summed E-state index contributed by atoms with van der Waals surface area (Å²) >= 11 is 1.64. The molecule has 0 saturated heterocycles. The maximum Gasteiger partial charge on any atom is 0.126 e. The van der Waals surface area contributed by atoms with Gasteiger partial charge in [0.25, 0.3) is 0 Å². The Kier molecular flexibility index (Phi) is 3.14. The highest BCUT2D eigenvalue weighted by Gasteiger charge is 2.04. The smallest absolute Gasteiger partial charge is 0.126 e. The minimum absolute atomic E-state index is 0.139. The number of hydrogen-bond donors (Lipinski definition) is 1. The molecular formula is C12H12FNS. The van der Waals surface area contributed by atoms with Gasteiger partial charge in [-0.3, -0.25) is 0 Å². The van der Waals surface area contributed by atoms with E-state index in [1.165, 1.54) is 6.07 Å². The van der Waals surface area contributed by atoms with Crippen LogP contribution >= 0.6 is 11.3 Å². The summed E-state index contributed by atoms with van der Waals surface area (Å²) in [5.41, 5.74) is 6.26. The zero-order chi connectivity index (χ0) is 10.7. The number of thiophene rings is 1. The first-order valence-electron chi connectivity index (χ1n) is 4.80. The molecule has 2 N–H and O–H groups in total. The van der Waals surface area contributed by atoms with Crippen LogP contribution in [0.25, 0.3) is 0 Å². The van der Waals surface area contributed by atoms with E-state index < -0.39 is 0 Å². The van der Waals surface area contributed by atoms with E-state index >= 15 is 0 Å². The fraction of sp³-hybridized carbons (Fsp3) is 0.167. The predicted octanol–water partition coefficient (Wildman–Crippen LogP) is 2.94. The van der Waals surface area contributed by atoms with Gasteiger partial charge in [-0.1, -0.05) is 18.2 Å². The Morgan fingerprint density at radius 2 is 1.80 bits per heavy atom. The van der Waals surface area contributed by atoms with Gasteiger partial charge >= 0.3 is 0 Å². The molecule has 1 aromatic heterocycles. The standard InChI is InChI=1S/C12H12FNS/c13-12-4-2-1-3-9(12)7-10-5-6-11(8-14)15-10/h1-6H,7-8,14H2. The summed E-state index contributed by atoms with van der Waals surface area (Å²) in [6.45, 7) is 0.557. The topological polar surface area (TPSA) is 26.0 Å². The van der Waals surface area contributed by atoms with E-state index in [0.29, 0.717) is 13.0 Å². The lowest BCUT2D eigenvalue weighted by molar-refractivity contribution is 0.614. The summed E-state index contributed by atoms with van der Waals surface area (Å²) < 4.78 is 13.3. The Labute approximate surface area is 92.4 Å². The summed E-state index contributed by atoms with van der Waals surface area (Å²) in [6, 6.07) is 10.9. The maximum atomic E-state index is 13.3. The van der Waals surface area contributed by atoms with Crippen molar-refractivity contribution in [2.24, 2.45) is 5.73 Å². The predicted molar refractivity (Wildman–Crippen MR) is 61.4 cm³/mol. The van der Waals surface area contributed by atoms with Crippen molar-refractivity contribution >= 4 is 11.3 Å². The molecule has 0 aliphatic carbocycles. The van der Waals surface area contributed by atoms with Gasteiger partial charge in [0.05, 0.1) is 0 Å². The molecule has 78 valence electrons. The average Bonchev–Trinajstić information content (AvgIpc) is 2.69. The highest BCUT2D eigenvalue weighted by atomic mass is 32.1. The normalized spacial score (nSPS) is 10.5. The molecule has 0 bridgehead atoms. The fourth-order valence-corrected chi connectivity index (χ4v) is 2.38. The molecule has 0 fully saturated rings. The summed E-state index contributed by atoms with van der Waals surface area (Å²) in [5.74, 6) is -0.139. The molecule has 1 aromatic carbocycles. The second-order valence-corrected chi connectivity index (χ2v) is 4.59. The molecule has 0 spiro atoms. The molecule has 0 unspecified atom stereocenters. The van der Waals surface area contributed by atoms with Crippen LogP contribution in [0.3, 0.4) is 0 Å². The molecule has 1 nitrogen and oxygen atoms in total.